The van der Waals surface area contributed by atoms with Gasteiger partial charge >= 0.3 is 0 Å². The number of rotatable bonds is 4. The lowest BCUT2D eigenvalue weighted by molar-refractivity contribution is -0.123. The van der Waals surface area contributed by atoms with Crippen molar-refractivity contribution in [3.63, 3.8) is 0 Å². The molecule has 3 rings (SSSR count). The first-order valence-electron chi connectivity index (χ1n) is 7.39. The predicted molar refractivity (Wildman–Crippen MR) is 99.7 cm³/mol. The average Bonchev–Trinajstić information content (AvgIpc) is 2.53. The molecule has 25 heavy (non-hydrogen) atoms. The summed E-state index contributed by atoms with van der Waals surface area (Å²) in [4.78, 5) is 11.9. The number of fused-ring (bicyclic) bond motifs is 1. The van der Waals surface area contributed by atoms with Crippen LogP contribution in [0, 0.1) is 0 Å². The number of halogens is 2. The standard InChI is InChI=1S/C16H14BrClN2O4S/c1-2-13-16(21)19-12-7-11(17)15(8-14(12)24-13)25(22,23)20-10-5-3-4-9(18)6-10/h3-8,13,20H,2H2,1H3,(H,19,21). The molecule has 0 saturated carbocycles. The molecule has 2 aromatic carbocycles. The Bertz CT molecular complexity index is 949. The Labute approximate surface area is 158 Å². The van der Waals surface area contributed by atoms with Gasteiger partial charge in [0.1, 0.15) is 10.6 Å². The van der Waals surface area contributed by atoms with Gasteiger partial charge in [-0.25, -0.2) is 8.42 Å². The van der Waals surface area contributed by atoms with Crippen molar-refractivity contribution < 1.29 is 17.9 Å². The first-order valence-corrected chi connectivity index (χ1v) is 10.0. The van der Waals surface area contributed by atoms with Crippen molar-refractivity contribution in [3.05, 3.63) is 45.9 Å². The van der Waals surface area contributed by atoms with Crippen LogP contribution in [0.5, 0.6) is 5.75 Å². The minimum absolute atomic E-state index is 0.00257. The highest BCUT2D eigenvalue weighted by molar-refractivity contribution is 9.10. The zero-order valence-corrected chi connectivity index (χ0v) is 16.2. The predicted octanol–water partition coefficient (Wildman–Crippen LogP) is 4.01. The number of ether oxygens (including phenoxy) is 1. The number of hydrogen-bond donors (Lipinski definition) is 2. The molecule has 6 nitrogen and oxygen atoms in total. The van der Waals surface area contributed by atoms with Gasteiger partial charge in [0.05, 0.1) is 11.4 Å². The monoisotopic (exact) mass is 444 g/mol. The number of nitrogens with one attached hydrogen (secondary N) is 2. The molecule has 2 aromatic rings. The fraction of sp³-hybridized carbons (Fsp3) is 0.188. The third-order valence-electron chi connectivity index (χ3n) is 3.59. The summed E-state index contributed by atoms with van der Waals surface area (Å²) in [6, 6.07) is 9.29. The molecule has 1 heterocycles. The molecule has 0 radical (unpaired) electrons. The van der Waals surface area contributed by atoms with Crippen LogP contribution in [-0.2, 0) is 14.8 Å². The Morgan fingerprint density at radius 2 is 2.08 bits per heavy atom. The van der Waals surface area contributed by atoms with E-state index >= 15 is 0 Å². The van der Waals surface area contributed by atoms with Gasteiger partial charge in [-0.3, -0.25) is 9.52 Å². The van der Waals surface area contributed by atoms with Crippen molar-refractivity contribution >= 4 is 54.8 Å². The molecule has 1 amide bonds. The normalized spacial score (nSPS) is 16.6. The van der Waals surface area contributed by atoms with Crippen LogP contribution in [0.25, 0.3) is 0 Å². The van der Waals surface area contributed by atoms with Crippen molar-refractivity contribution in [1.29, 1.82) is 0 Å². The molecule has 9 heteroatoms. The topological polar surface area (TPSA) is 84.5 Å². The molecule has 0 spiro atoms. The quantitative estimate of drug-likeness (QED) is 0.744. The third kappa shape index (κ3) is 3.75. The van der Waals surface area contributed by atoms with Crippen LogP contribution in [0.4, 0.5) is 11.4 Å². The van der Waals surface area contributed by atoms with E-state index in [1.165, 1.54) is 18.2 Å². The van der Waals surface area contributed by atoms with Crippen molar-refractivity contribution in [1.82, 2.24) is 0 Å². The Hall–Kier alpha value is -1.77. The fourth-order valence-corrected chi connectivity index (χ4v) is 4.68. The lowest BCUT2D eigenvalue weighted by Gasteiger charge is -2.26. The maximum Gasteiger partial charge on any atom is 0.265 e. The van der Waals surface area contributed by atoms with Crippen molar-refractivity contribution in [2.75, 3.05) is 10.0 Å². The average molecular weight is 446 g/mol. The number of carbonyl (C=O) groups is 1. The van der Waals surface area contributed by atoms with Crippen LogP contribution in [0.15, 0.2) is 45.8 Å². The number of sulfonamides is 1. The molecule has 132 valence electrons. The second kappa shape index (κ2) is 6.86. The van der Waals surface area contributed by atoms with Gasteiger partial charge in [0.25, 0.3) is 15.9 Å². The van der Waals surface area contributed by atoms with Crippen LogP contribution < -0.4 is 14.8 Å². The van der Waals surface area contributed by atoms with Crippen LogP contribution >= 0.6 is 27.5 Å². The molecule has 1 aliphatic heterocycles. The van der Waals surface area contributed by atoms with Crippen molar-refractivity contribution in [2.24, 2.45) is 0 Å². The Kier molecular flexibility index (Phi) is 4.95. The number of anilines is 2. The van der Waals surface area contributed by atoms with E-state index in [1.54, 1.807) is 18.2 Å². The van der Waals surface area contributed by atoms with E-state index in [4.69, 9.17) is 16.3 Å². The number of benzene rings is 2. The molecule has 1 unspecified atom stereocenters. The maximum absolute atomic E-state index is 12.7. The molecule has 1 atom stereocenters. The van der Waals surface area contributed by atoms with Crippen molar-refractivity contribution in [3.8, 4) is 5.75 Å². The van der Waals surface area contributed by atoms with E-state index in [2.05, 4.69) is 26.0 Å². The van der Waals surface area contributed by atoms with E-state index in [-0.39, 0.29) is 10.8 Å². The summed E-state index contributed by atoms with van der Waals surface area (Å²) in [6.07, 6.45) is -0.172. The molecule has 2 N–H and O–H groups in total. The van der Waals surface area contributed by atoms with E-state index in [1.807, 2.05) is 6.92 Å². The van der Waals surface area contributed by atoms with Gasteiger partial charge in [0.15, 0.2) is 6.10 Å². The number of hydrogen-bond acceptors (Lipinski definition) is 4. The smallest absolute Gasteiger partial charge is 0.265 e. The highest BCUT2D eigenvalue weighted by atomic mass is 79.9. The van der Waals surface area contributed by atoms with Crippen molar-refractivity contribution in [2.45, 2.75) is 24.3 Å². The van der Waals surface area contributed by atoms with Gasteiger partial charge in [0.2, 0.25) is 0 Å². The van der Waals surface area contributed by atoms with Gasteiger partial charge in [-0.2, -0.15) is 0 Å². The number of amides is 1. The summed E-state index contributed by atoms with van der Waals surface area (Å²) in [5.74, 6) is 0.0516. The summed E-state index contributed by atoms with van der Waals surface area (Å²) in [6.45, 7) is 1.81. The molecular formula is C16H14BrClN2O4S. The lowest BCUT2D eigenvalue weighted by Crippen LogP contribution is -2.36. The molecule has 0 saturated heterocycles. The van der Waals surface area contributed by atoms with Crippen LogP contribution in [0.3, 0.4) is 0 Å². The SMILES string of the molecule is CCC1Oc2cc(S(=O)(=O)Nc3cccc(Cl)c3)c(Br)cc2NC1=O. The third-order valence-corrected chi connectivity index (χ3v) is 6.17. The van der Waals surface area contributed by atoms with Gasteiger partial charge in [-0.05, 0) is 46.6 Å². The van der Waals surface area contributed by atoms with Crippen LogP contribution in [0.1, 0.15) is 13.3 Å². The van der Waals surface area contributed by atoms with E-state index < -0.39 is 16.1 Å². The summed E-state index contributed by atoms with van der Waals surface area (Å²) in [5.41, 5.74) is 0.765. The fourth-order valence-electron chi connectivity index (χ4n) is 2.39. The second-order valence-electron chi connectivity index (χ2n) is 5.40. The minimum atomic E-state index is -3.88. The van der Waals surface area contributed by atoms with Gasteiger partial charge in [-0.15, -0.1) is 0 Å². The molecule has 0 aromatic heterocycles. The zero-order chi connectivity index (χ0) is 18.2. The van der Waals surface area contributed by atoms with Gasteiger partial charge in [-0.1, -0.05) is 24.6 Å². The molecule has 0 bridgehead atoms. The first kappa shape index (κ1) is 18.0. The minimum Gasteiger partial charge on any atom is -0.478 e. The largest absolute Gasteiger partial charge is 0.478 e. The van der Waals surface area contributed by atoms with E-state index in [0.29, 0.717) is 33.0 Å². The van der Waals surface area contributed by atoms with Gasteiger partial charge in [0, 0.05) is 15.6 Å². The van der Waals surface area contributed by atoms with Crippen LogP contribution in [0.2, 0.25) is 5.02 Å². The summed E-state index contributed by atoms with van der Waals surface area (Å²) in [7, 11) is -3.88. The maximum atomic E-state index is 12.7. The Morgan fingerprint density at radius 1 is 1.32 bits per heavy atom. The molecule has 1 aliphatic rings. The molecule has 0 aliphatic carbocycles. The Balaban J connectivity index is 1.98. The summed E-state index contributed by atoms with van der Waals surface area (Å²) in [5, 5.41) is 3.13. The second-order valence-corrected chi connectivity index (χ2v) is 8.34. The zero-order valence-electron chi connectivity index (χ0n) is 13.0. The summed E-state index contributed by atoms with van der Waals surface area (Å²) < 4.78 is 33.8. The molecular weight excluding hydrogens is 432 g/mol. The number of carbonyl (C=O) groups excluding carboxylic acids is 1. The highest BCUT2D eigenvalue weighted by Gasteiger charge is 2.29. The molecule has 0 fully saturated rings. The summed E-state index contributed by atoms with van der Waals surface area (Å²) >= 11 is 9.13. The Morgan fingerprint density at radius 3 is 2.76 bits per heavy atom. The van der Waals surface area contributed by atoms with Crippen LogP contribution in [-0.4, -0.2) is 20.4 Å². The van der Waals surface area contributed by atoms with E-state index in [9.17, 15) is 13.2 Å². The highest BCUT2D eigenvalue weighted by Crippen LogP contribution is 2.38. The van der Waals surface area contributed by atoms with Gasteiger partial charge < -0.3 is 10.1 Å². The lowest BCUT2D eigenvalue weighted by atomic mass is 10.2. The van der Waals surface area contributed by atoms with E-state index in [0.717, 1.165) is 0 Å². The first-order chi connectivity index (χ1) is 11.8.